The van der Waals surface area contributed by atoms with Gasteiger partial charge in [-0.2, -0.15) is 0 Å². The number of benzene rings is 1. The Morgan fingerprint density at radius 2 is 1.81 bits per heavy atom. The van der Waals surface area contributed by atoms with E-state index in [-0.39, 0.29) is 6.04 Å². The molecule has 1 aromatic carbocycles. The molecule has 0 saturated heterocycles. The Labute approximate surface area is 133 Å². The fourth-order valence-electron chi connectivity index (χ4n) is 2.49. The minimum Gasteiger partial charge on any atom is -0.312 e. The van der Waals surface area contributed by atoms with E-state index in [1.807, 2.05) is 7.05 Å². The summed E-state index contributed by atoms with van der Waals surface area (Å²) in [6.07, 6.45) is 4.56. The number of hydrogen-bond acceptors (Lipinski definition) is 2. The van der Waals surface area contributed by atoms with E-state index in [1.165, 1.54) is 24.0 Å². The van der Waals surface area contributed by atoms with Gasteiger partial charge in [0.2, 0.25) is 0 Å². The molecule has 0 aromatic heterocycles. The van der Waals surface area contributed by atoms with Gasteiger partial charge in [-0.1, -0.05) is 57.9 Å². The van der Waals surface area contributed by atoms with Crippen molar-refractivity contribution in [2.24, 2.45) is 5.92 Å². The molecule has 1 rings (SSSR count). The first kappa shape index (κ1) is 18.4. The minimum atomic E-state index is -0.729. The zero-order valence-electron chi connectivity index (χ0n) is 14.0. The maximum atomic E-state index is 12.1. The molecule has 0 fully saturated rings. The van der Waals surface area contributed by atoms with Gasteiger partial charge >= 0.3 is 0 Å². The van der Waals surface area contributed by atoms with Gasteiger partial charge < -0.3 is 5.32 Å². The zero-order valence-corrected chi connectivity index (χ0v) is 14.8. The van der Waals surface area contributed by atoms with Crippen LogP contribution in [0.2, 0.25) is 0 Å². The maximum absolute atomic E-state index is 12.1. The third kappa shape index (κ3) is 7.23. The summed E-state index contributed by atoms with van der Waals surface area (Å²) in [5, 5.41) is 3.31. The van der Waals surface area contributed by atoms with Gasteiger partial charge in [0, 0.05) is 28.3 Å². The molecule has 120 valence electrons. The van der Waals surface area contributed by atoms with Crippen LogP contribution in [0.1, 0.15) is 57.2 Å². The Morgan fingerprint density at radius 1 is 1.14 bits per heavy atom. The number of hydrogen-bond donors (Lipinski definition) is 1. The highest BCUT2D eigenvalue weighted by molar-refractivity contribution is 7.85. The van der Waals surface area contributed by atoms with Crippen molar-refractivity contribution in [3.63, 3.8) is 0 Å². The minimum absolute atomic E-state index is 0.195. The van der Waals surface area contributed by atoms with Gasteiger partial charge in [-0.3, -0.25) is 4.21 Å². The van der Waals surface area contributed by atoms with Gasteiger partial charge in [-0.25, -0.2) is 0 Å². The topological polar surface area (TPSA) is 29.1 Å². The van der Waals surface area contributed by atoms with E-state index < -0.39 is 10.8 Å². The van der Waals surface area contributed by atoms with Crippen LogP contribution in [0.25, 0.3) is 0 Å². The molecule has 0 radical (unpaired) electrons. The summed E-state index contributed by atoms with van der Waals surface area (Å²) in [5.41, 5.74) is 2.63. The molecule has 0 aliphatic rings. The molecule has 2 unspecified atom stereocenters. The first-order valence-corrected chi connectivity index (χ1v) is 9.66. The summed E-state index contributed by atoms with van der Waals surface area (Å²) in [5.74, 6) is 2.23. The standard InChI is InChI=1S/C18H31NOS/c1-5-6-7-12-21(20)14-18(19-4)17-10-8-16(9-11-17)13-15(2)3/h8-11,15,18-19H,5-7,12-14H2,1-4H3. The van der Waals surface area contributed by atoms with Crippen molar-refractivity contribution in [1.29, 1.82) is 0 Å². The van der Waals surface area contributed by atoms with E-state index in [1.54, 1.807) is 0 Å². The largest absolute Gasteiger partial charge is 0.312 e. The van der Waals surface area contributed by atoms with Crippen molar-refractivity contribution in [3.8, 4) is 0 Å². The van der Waals surface area contributed by atoms with Crippen LogP contribution < -0.4 is 5.32 Å². The lowest BCUT2D eigenvalue weighted by molar-refractivity contribution is 0.630. The van der Waals surface area contributed by atoms with Gasteiger partial charge in [0.1, 0.15) is 0 Å². The molecular weight excluding hydrogens is 278 g/mol. The Bertz CT molecular complexity index is 414. The zero-order chi connectivity index (χ0) is 15.7. The van der Waals surface area contributed by atoms with Crippen molar-refractivity contribution >= 4 is 10.8 Å². The van der Waals surface area contributed by atoms with Gasteiger partial charge in [-0.15, -0.1) is 0 Å². The maximum Gasteiger partial charge on any atom is 0.0434 e. The lowest BCUT2D eigenvalue weighted by atomic mass is 10.00. The van der Waals surface area contributed by atoms with E-state index in [0.717, 1.165) is 18.6 Å². The molecule has 2 atom stereocenters. The van der Waals surface area contributed by atoms with E-state index in [0.29, 0.717) is 11.7 Å². The van der Waals surface area contributed by atoms with Crippen molar-refractivity contribution in [2.45, 2.75) is 52.5 Å². The van der Waals surface area contributed by atoms with Gasteiger partial charge in [0.25, 0.3) is 0 Å². The molecule has 0 aliphatic heterocycles. The third-order valence-electron chi connectivity index (χ3n) is 3.70. The Hall–Kier alpha value is -0.670. The molecule has 1 N–H and O–H groups in total. The van der Waals surface area contributed by atoms with Crippen LogP contribution in [-0.2, 0) is 17.2 Å². The lowest BCUT2D eigenvalue weighted by Gasteiger charge is -2.17. The SMILES string of the molecule is CCCCCS(=O)CC(NC)c1ccc(CC(C)C)cc1. The average Bonchev–Trinajstić information content (AvgIpc) is 2.45. The second-order valence-electron chi connectivity index (χ2n) is 6.20. The lowest BCUT2D eigenvalue weighted by Crippen LogP contribution is -2.23. The molecule has 21 heavy (non-hydrogen) atoms. The normalized spacial score (nSPS) is 14.3. The van der Waals surface area contributed by atoms with Crippen LogP contribution in [0.3, 0.4) is 0 Å². The van der Waals surface area contributed by atoms with Crippen molar-refractivity contribution in [2.75, 3.05) is 18.6 Å². The highest BCUT2D eigenvalue weighted by Crippen LogP contribution is 2.17. The van der Waals surface area contributed by atoms with Gasteiger partial charge in [-0.05, 0) is 36.9 Å². The predicted molar refractivity (Wildman–Crippen MR) is 94.2 cm³/mol. The first-order valence-electron chi connectivity index (χ1n) is 8.17. The van der Waals surface area contributed by atoms with E-state index >= 15 is 0 Å². The van der Waals surface area contributed by atoms with Gasteiger partial charge in [0.05, 0.1) is 0 Å². The number of rotatable bonds is 10. The first-order chi connectivity index (χ1) is 10.1. The summed E-state index contributed by atoms with van der Waals surface area (Å²) < 4.78 is 12.1. The Balaban J connectivity index is 2.57. The van der Waals surface area contributed by atoms with Crippen LogP contribution in [0, 0.1) is 5.92 Å². The third-order valence-corrected chi connectivity index (χ3v) is 5.15. The molecule has 0 heterocycles. The fraction of sp³-hybridized carbons (Fsp3) is 0.667. The number of unbranched alkanes of at least 4 members (excludes halogenated alkanes) is 2. The second kappa shape index (κ2) is 10.1. The van der Waals surface area contributed by atoms with Crippen molar-refractivity contribution in [3.05, 3.63) is 35.4 Å². The summed E-state index contributed by atoms with van der Waals surface area (Å²) in [4.78, 5) is 0. The quantitative estimate of drug-likeness (QED) is 0.660. The van der Waals surface area contributed by atoms with Crippen LogP contribution in [0.4, 0.5) is 0 Å². The molecule has 1 aromatic rings. The average molecular weight is 310 g/mol. The van der Waals surface area contributed by atoms with Crippen LogP contribution in [-0.4, -0.2) is 22.8 Å². The Kier molecular flexibility index (Phi) is 8.86. The molecule has 2 nitrogen and oxygen atoms in total. The summed E-state index contributed by atoms with van der Waals surface area (Å²) >= 11 is 0. The molecule has 0 saturated carbocycles. The predicted octanol–water partition coefficient (Wildman–Crippen LogP) is 4.08. The molecule has 0 bridgehead atoms. The van der Waals surface area contributed by atoms with E-state index in [2.05, 4.69) is 50.4 Å². The van der Waals surface area contributed by atoms with Crippen LogP contribution in [0.15, 0.2) is 24.3 Å². The molecule has 0 aliphatic carbocycles. The second-order valence-corrected chi connectivity index (χ2v) is 7.82. The molecular formula is C18H31NOS. The van der Waals surface area contributed by atoms with Gasteiger partial charge in [0.15, 0.2) is 0 Å². The molecule has 3 heteroatoms. The van der Waals surface area contributed by atoms with Crippen LogP contribution in [0.5, 0.6) is 0 Å². The van der Waals surface area contributed by atoms with E-state index in [4.69, 9.17) is 0 Å². The highest BCUT2D eigenvalue weighted by Gasteiger charge is 2.13. The number of nitrogens with one attached hydrogen (secondary N) is 1. The fourth-order valence-corrected chi connectivity index (χ4v) is 3.91. The smallest absolute Gasteiger partial charge is 0.0434 e. The van der Waals surface area contributed by atoms with Crippen LogP contribution >= 0.6 is 0 Å². The van der Waals surface area contributed by atoms with Crippen molar-refractivity contribution < 1.29 is 4.21 Å². The monoisotopic (exact) mass is 309 g/mol. The van der Waals surface area contributed by atoms with Crippen molar-refractivity contribution in [1.82, 2.24) is 5.32 Å². The summed E-state index contributed by atoms with van der Waals surface area (Å²) in [6.45, 7) is 6.66. The van der Waals surface area contributed by atoms with E-state index in [9.17, 15) is 4.21 Å². The molecule has 0 amide bonds. The highest BCUT2D eigenvalue weighted by atomic mass is 32.2. The summed E-state index contributed by atoms with van der Waals surface area (Å²) in [7, 11) is 1.23. The Morgan fingerprint density at radius 3 is 2.33 bits per heavy atom. The molecule has 0 spiro atoms. The summed E-state index contributed by atoms with van der Waals surface area (Å²) in [6, 6.07) is 8.98.